The maximum Gasteiger partial charge on any atom is 0.265 e. The van der Waals surface area contributed by atoms with Gasteiger partial charge in [-0.1, -0.05) is 17.8 Å². The van der Waals surface area contributed by atoms with Crippen molar-refractivity contribution in [2.24, 2.45) is 0 Å². The van der Waals surface area contributed by atoms with Gasteiger partial charge in [-0.2, -0.15) is 4.52 Å². The van der Waals surface area contributed by atoms with Crippen LogP contribution in [-0.2, 0) is 6.42 Å². The number of hydrogen-bond donors (Lipinski definition) is 1. The number of rotatable bonds is 9. The van der Waals surface area contributed by atoms with Crippen LogP contribution in [-0.4, -0.2) is 55.6 Å². The average molecular weight is 440 g/mol. The number of carbonyl (C=O) groups is 1. The summed E-state index contributed by atoms with van der Waals surface area (Å²) in [5, 5.41) is 19.7. The van der Waals surface area contributed by atoms with Gasteiger partial charge in [0.2, 0.25) is 5.88 Å². The van der Waals surface area contributed by atoms with Gasteiger partial charge in [-0.05, 0) is 48.3 Å². The third kappa shape index (κ3) is 4.61. The second kappa shape index (κ2) is 9.47. The van der Waals surface area contributed by atoms with Crippen molar-refractivity contribution in [2.45, 2.75) is 19.8 Å². The number of amides is 1. The van der Waals surface area contributed by atoms with Crippen molar-refractivity contribution in [1.29, 1.82) is 0 Å². The molecule has 160 valence electrons. The lowest BCUT2D eigenvalue weighted by molar-refractivity contribution is 0.0949. The summed E-state index contributed by atoms with van der Waals surface area (Å²) >= 11 is 1.10. The van der Waals surface area contributed by atoms with Crippen LogP contribution < -0.4 is 14.8 Å². The van der Waals surface area contributed by atoms with Gasteiger partial charge in [0.05, 0.1) is 19.3 Å². The van der Waals surface area contributed by atoms with Crippen molar-refractivity contribution >= 4 is 23.1 Å². The van der Waals surface area contributed by atoms with E-state index in [0.29, 0.717) is 28.8 Å². The molecule has 31 heavy (non-hydrogen) atoms. The van der Waals surface area contributed by atoms with Gasteiger partial charge in [-0.3, -0.25) is 4.79 Å². The van der Waals surface area contributed by atoms with Gasteiger partial charge >= 0.3 is 0 Å². The molecule has 0 unspecified atom stereocenters. The van der Waals surface area contributed by atoms with E-state index >= 15 is 0 Å². The van der Waals surface area contributed by atoms with E-state index in [9.17, 15) is 4.79 Å². The third-order valence-corrected chi connectivity index (χ3v) is 5.24. The molecule has 0 saturated heterocycles. The van der Waals surface area contributed by atoms with Crippen molar-refractivity contribution in [3.8, 4) is 23.0 Å². The molecule has 0 radical (unpaired) electrons. The van der Waals surface area contributed by atoms with Crippen LogP contribution in [0.3, 0.4) is 0 Å². The van der Waals surface area contributed by atoms with Crippen molar-refractivity contribution in [3.05, 3.63) is 47.0 Å². The molecule has 0 atom stereocenters. The summed E-state index contributed by atoms with van der Waals surface area (Å²) in [5.41, 5.74) is 2.19. The molecule has 0 aliphatic rings. The minimum Gasteiger partial charge on any atom is -0.497 e. The lowest BCUT2D eigenvalue weighted by Crippen LogP contribution is -2.28. The highest BCUT2D eigenvalue weighted by Crippen LogP contribution is 2.21. The number of nitrogens with one attached hydrogen (secondary N) is 1. The molecule has 0 spiro atoms. The van der Waals surface area contributed by atoms with E-state index in [1.807, 2.05) is 31.2 Å². The zero-order valence-corrected chi connectivity index (χ0v) is 17.9. The van der Waals surface area contributed by atoms with E-state index in [-0.39, 0.29) is 12.5 Å². The second-order valence-corrected chi connectivity index (χ2v) is 7.35. The van der Waals surface area contributed by atoms with Gasteiger partial charge in [0.25, 0.3) is 5.91 Å². The number of hydrogen-bond acceptors (Lipinski definition) is 9. The molecule has 3 heterocycles. The molecule has 0 saturated carbocycles. The summed E-state index contributed by atoms with van der Waals surface area (Å²) in [4.78, 5) is 12.9. The first kappa shape index (κ1) is 20.7. The van der Waals surface area contributed by atoms with Gasteiger partial charge in [0.15, 0.2) is 11.5 Å². The molecular weight excluding hydrogens is 418 g/mol. The number of ether oxygens (including phenoxy) is 2. The molecule has 0 bridgehead atoms. The highest BCUT2D eigenvalue weighted by atomic mass is 32.1. The summed E-state index contributed by atoms with van der Waals surface area (Å²) in [6, 6.07) is 11.0. The number of fused-ring (bicyclic) bond motifs is 1. The van der Waals surface area contributed by atoms with E-state index in [1.165, 1.54) is 0 Å². The summed E-state index contributed by atoms with van der Waals surface area (Å²) in [5.74, 6) is 1.57. The molecule has 1 N–H and O–H groups in total. The highest BCUT2D eigenvalue weighted by Gasteiger charge is 2.15. The first-order chi connectivity index (χ1) is 15.2. The van der Waals surface area contributed by atoms with Gasteiger partial charge in [-0.25, -0.2) is 0 Å². The maximum absolute atomic E-state index is 12.3. The summed E-state index contributed by atoms with van der Waals surface area (Å²) in [6.07, 6.45) is 1.64. The Morgan fingerprint density at radius 3 is 2.74 bits per heavy atom. The molecule has 0 aliphatic carbocycles. The van der Waals surface area contributed by atoms with Crippen LogP contribution in [0.1, 0.15) is 28.7 Å². The molecule has 1 aromatic carbocycles. The quantitative estimate of drug-likeness (QED) is 0.395. The Morgan fingerprint density at radius 1 is 1.13 bits per heavy atom. The van der Waals surface area contributed by atoms with Crippen molar-refractivity contribution < 1.29 is 14.3 Å². The summed E-state index contributed by atoms with van der Waals surface area (Å²) in [6.45, 7) is 2.63. The smallest absolute Gasteiger partial charge is 0.265 e. The molecule has 0 fully saturated rings. The van der Waals surface area contributed by atoms with Crippen LogP contribution in [0.15, 0.2) is 36.4 Å². The lowest BCUT2D eigenvalue weighted by atomic mass is 10.2. The topological polar surface area (TPSA) is 116 Å². The zero-order chi connectivity index (χ0) is 21.6. The number of carbonyl (C=O) groups excluding carboxylic acids is 1. The Bertz CT molecular complexity index is 1170. The first-order valence-electron chi connectivity index (χ1n) is 9.78. The molecular formula is C20H21N7O3S. The van der Waals surface area contributed by atoms with Gasteiger partial charge < -0.3 is 14.8 Å². The van der Waals surface area contributed by atoms with Crippen LogP contribution in [0.4, 0.5) is 0 Å². The molecule has 0 aliphatic heterocycles. The van der Waals surface area contributed by atoms with Crippen LogP contribution in [0.2, 0.25) is 0 Å². The normalized spacial score (nSPS) is 10.9. The van der Waals surface area contributed by atoms with Gasteiger partial charge in [0, 0.05) is 11.6 Å². The Morgan fingerprint density at radius 2 is 1.97 bits per heavy atom. The monoisotopic (exact) mass is 439 g/mol. The molecule has 10 nitrogen and oxygen atoms in total. The van der Waals surface area contributed by atoms with E-state index in [4.69, 9.17) is 9.47 Å². The third-order valence-electron chi connectivity index (χ3n) is 4.47. The standard InChI is InChI=1S/C20H21N7O3S/c1-3-4-15-18(31-26-22-15)20(28)21-11-12-30-17-10-9-16-23-24-19(27(16)25-17)13-5-7-14(29-2)8-6-13/h5-10H,3-4,11-12H2,1-2H3,(H,21,28). The number of nitrogens with zero attached hydrogens (tertiary/aromatic N) is 6. The van der Waals surface area contributed by atoms with E-state index in [0.717, 1.165) is 41.4 Å². The molecule has 11 heteroatoms. The van der Waals surface area contributed by atoms with Crippen LogP contribution >= 0.6 is 11.5 Å². The first-order valence-corrected chi connectivity index (χ1v) is 10.6. The largest absolute Gasteiger partial charge is 0.497 e. The van der Waals surface area contributed by atoms with Crippen molar-refractivity contribution in [2.75, 3.05) is 20.3 Å². The fraction of sp³-hybridized carbons (Fsp3) is 0.300. The SMILES string of the molecule is CCCc1nnsc1C(=O)NCCOc1ccc2nnc(-c3ccc(OC)cc3)n2n1. The average Bonchev–Trinajstić information content (AvgIpc) is 3.44. The Hall–Kier alpha value is -3.60. The zero-order valence-electron chi connectivity index (χ0n) is 17.1. The van der Waals surface area contributed by atoms with E-state index in [1.54, 1.807) is 23.8 Å². The summed E-state index contributed by atoms with van der Waals surface area (Å²) < 4.78 is 16.4. The number of aryl methyl sites for hydroxylation is 1. The minimum absolute atomic E-state index is 0.189. The second-order valence-electron chi connectivity index (χ2n) is 6.60. The van der Waals surface area contributed by atoms with Crippen molar-refractivity contribution in [1.82, 2.24) is 34.7 Å². The maximum atomic E-state index is 12.3. The Kier molecular flexibility index (Phi) is 6.32. The highest BCUT2D eigenvalue weighted by molar-refractivity contribution is 7.08. The van der Waals surface area contributed by atoms with Gasteiger partial charge in [0.1, 0.15) is 17.2 Å². The lowest BCUT2D eigenvalue weighted by Gasteiger charge is -2.07. The molecule has 4 aromatic rings. The minimum atomic E-state index is -0.189. The Labute approximate surface area is 182 Å². The molecule has 1 amide bonds. The number of benzene rings is 1. The predicted molar refractivity (Wildman–Crippen MR) is 115 cm³/mol. The molecule has 4 rings (SSSR count). The fourth-order valence-electron chi connectivity index (χ4n) is 2.95. The van der Waals surface area contributed by atoms with Crippen LogP contribution in [0.25, 0.3) is 17.0 Å². The van der Waals surface area contributed by atoms with E-state index < -0.39 is 0 Å². The molecule has 3 aromatic heterocycles. The van der Waals surface area contributed by atoms with Gasteiger partial charge in [-0.15, -0.1) is 20.4 Å². The van der Waals surface area contributed by atoms with Crippen LogP contribution in [0, 0.1) is 0 Å². The fourth-order valence-corrected chi connectivity index (χ4v) is 3.58. The van der Waals surface area contributed by atoms with E-state index in [2.05, 4.69) is 30.2 Å². The number of methoxy groups -OCH3 is 1. The van der Waals surface area contributed by atoms with Crippen molar-refractivity contribution in [3.63, 3.8) is 0 Å². The number of aromatic nitrogens is 6. The summed E-state index contributed by atoms with van der Waals surface area (Å²) in [7, 11) is 1.62. The van der Waals surface area contributed by atoms with Crippen LogP contribution in [0.5, 0.6) is 11.6 Å². The Balaban J connectivity index is 1.38. The predicted octanol–water partition coefficient (Wildman–Crippen LogP) is 2.41.